The third-order valence-corrected chi connectivity index (χ3v) is 3.03. The smallest absolute Gasteiger partial charge is 0.406 e. The van der Waals surface area contributed by atoms with Gasteiger partial charge in [-0.25, -0.2) is 4.79 Å². The summed E-state index contributed by atoms with van der Waals surface area (Å²) in [6.45, 7) is -2.59. The fourth-order valence-corrected chi connectivity index (χ4v) is 2.13. The Morgan fingerprint density at radius 1 is 1.40 bits per heavy atom. The zero-order chi connectivity index (χ0) is 15.3. The second kappa shape index (κ2) is 6.78. The second-order valence-electron chi connectivity index (χ2n) is 4.68. The van der Waals surface area contributed by atoms with Gasteiger partial charge in [-0.05, 0) is 19.3 Å². The Kier molecular flexibility index (Phi) is 5.61. The molecule has 0 radical (unpaired) electrons. The average molecular weight is 298 g/mol. The molecule has 1 aliphatic carbocycles. The fourth-order valence-electron chi connectivity index (χ4n) is 2.13. The van der Waals surface area contributed by atoms with Gasteiger partial charge in [0.2, 0.25) is 0 Å². The predicted molar refractivity (Wildman–Crippen MR) is 62.2 cm³/mol. The van der Waals surface area contributed by atoms with Crippen LogP contribution in [0.3, 0.4) is 0 Å². The maximum atomic E-state index is 12.3. The highest BCUT2D eigenvalue weighted by Crippen LogP contribution is 2.22. The van der Waals surface area contributed by atoms with Crippen molar-refractivity contribution < 1.29 is 32.6 Å². The lowest BCUT2D eigenvalue weighted by molar-refractivity contribution is -0.149. The molecular weight excluding hydrogens is 281 g/mol. The summed E-state index contributed by atoms with van der Waals surface area (Å²) in [5, 5.41) is 11.0. The number of carboxylic acid groups (broad SMARTS) is 1. The van der Waals surface area contributed by atoms with Gasteiger partial charge >= 0.3 is 18.2 Å². The van der Waals surface area contributed by atoms with Crippen LogP contribution in [0.1, 0.15) is 19.3 Å². The summed E-state index contributed by atoms with van der Waals surface area (Å²) in [5.74, 6) is -1.49. The number of aliphatic carboxylic acids is 1. The van der Waals surface area contributed by atoms with E-state index >= 15 is 0 Å². The summed E-state index contributed by atoms with van der Waals surface area (Å²) in [5.41, 5.74) is 0. The predicted octanol–water partition coefficient (Wildman–Crippen LogP) is 1.21. The molecule has 6 nitrogen and oxygen atoms in total. The first-order valence-corrected chi connectivity index (χ1v) is 6.08. The summed E-state index contributed by atoms with van der Waals surface area (Å²) in [7, 11) is 1.52. The lowest BCUT2D eigenvalue weighted by atomic mass is 10.2. The van der Waals surface area contributed by atoms with Gasteiger partial charge in [-0.3, -0.25) is 4.79 Å². The van der Waals surface area contributed by atoms with Gasteiger partial charge in [0.05, 0.1) is 6.10 Å². The number of nitrogens with one attached hydrogen (secondary N) is 1. The topological polar surface area (TPSA) is 78.9 Å². The van der Waals surface area contributed by atoms with Crippen LogP contribution in [0, 0.1) is 0 Å². The highest BCUT2D eigenvalue weighted by molar-refractivity contribution is 5.80. The van der Waals surface area contributed by atoms with E-state index in [1.807, 2.05) is 0 Å². The molecule has 2 atom stereocenters. The van der Waals surface area contributed by atoms with Gasteiger partial charge in [0.15, 0.2) is 0 Å². The minimum absolute atomic E-state index is 0.0316. The van der Waals surface area contributed by atoms with E-state index < -0.39 is 31.3 Å². The van der Waals surface area contributed by atoms with E-state index in [-0.39, 0.29) is 17.0 Å². The third-order valence-electron chi connectivity index (χ3n) is 3.03. The SMILES string of the molecule is COC1CCC(NC(=O)N(CC(=O)O)CC(F)(F)F)C1. The quantitative estimate of drug-likeness (QED) is 0.799. The molecular formula is C11H17F3N2O4. The number of carbonyl (C=O) groups is 2. The van der Waals surface area contributed by atoms with Crippen molar-refractivity contribution in [3.63, 3.8) is 0 Å². The fraction of sp³-hybridized carbons (Fsp3) is 0.818. The molecule has 0 bridgehead atoms. The van der Waals surface area contributed by atoms with Gasteiger partial charge in [0, 0.05) is 13.2 Å². The Bertz CT molecular complexity index is 362. The van der Waals surface area contributed by atoms with Crippen molar-refractivity contribution >= 4 is 12.0 Å². The van der Waals surface area contributed by atoms with Crippen LogP contribution in [0.15, 0.2) is 0 Å². The van der Waals surface area contributed by atoms with Crippen LogP contribution < -0.4 is 5.32 Å². The van der Waals surface area contributed by atoms with E-state index in [2.05, 4.69) is 5.32 Å². The van der Waals surface area contributed by atoms with E-state index in [1.54, 1.807) is 0 Å². The Morgan fingerprint density at radius 3 is 2.50 bits per heavy atom. The van der Waals surface area contributed by atoms with Gasteiger partial charge in [-0.15, -0.1) is 0 Å². The van der Waals surface area contributed by atoms with Gasteiger partial charge < -0.3 is 20.1 Å². The van der Waals surface area contributed by atoms with Crippen LogP contribution in [-0.4, -0.2) is 60.5 Å². The monoisotopic (exact) mass is 298 g/mol. The molecule has 2 N–H and O–H groups in total. The summed E-state index contributed by atoms with van der Waals surface area (Å²) in [4.78, 5) is 22.5. The summed E-state index contributed by atoms with van der Waals surface area (Å²) in [6, 6.07) is -1.32. The molecule has 0 aromatic carbocycles. The zero-order valence-electron chi connectivity index (χ0n) is 10.9. The zero-order valence-corrected chi connectivity index (χ0v) is 10.9. The maximum Gasteiger partial charge on any atom is 0.406 e. The lowest BCUT2D eigenvalue weighted by Crippen LogP contribution is -2.49. The molecule has 0 aliphatic heterocycles. The molecule has 116 valence electrons. The number of rotatable bonds is 5. The minimum atomic E-state index is -4.64. The van der Waals surface area contributed by atoms with Crippen LogP contribution in [-0.2, 0) is 9.53 Å². The van der Waals surface area contributed by atoms with Crippen molar-refractivity contribution in [1.29, 1.82) is 0 Å². The van der Waals surface area contributed by atoms with Gasteiger partial charge in [0.25, 0.3) is 0 Å². The highest BCUT2D eigenvalue weighted by Gasteiger charge is 2.35. The van der Waals surface area contributed by atoms with Crippen LogP contribution in [0.25, 0.3) is 0 Å². The Labute approximate surface area is 113 Å². The molecule has 1 saturated carbocycles. The number of methoxy groups -OCH3 is 1. The normalized spacial score (nSPS) is 22.6. The largest absolute Gasteiger partial charge is 0.480 e. The van der Waals surface area contributed by atoms with Crippen LogP contribution in [0.5, 0.6) is 0 Å². The third kappa shape index (κ3) is 5.64. The molecule has 1 fully saturated rings. The van der Waals surface area contributed by atoms with Crippen molar-refractivity contribution in [2.75, 3.05) is 20.2 Å². The van der Waals surface area contributed by atoms with E-state index in [1.165, 1.54) is 7.11 Å². The molecule has 20 heavy (non-hydrogen) atoms. The molecule has 2 unspecified atom stereocenters. The van der Waals surface area contributed by atoms with Crippen molar-refractivity contribution in [2.24, 2.45) is 0 Å². The minimum Gasteiger partial charge on any atom is -0.480 e. The number of ether oxygens (including phenoxy) is 1. The molecule has 0 aromatic rings. The number of halogens is 3. The van der Waals surface area contributed by atoms with Gasteiger partial charge in [-0.2, -0.15) is 13.2 Å². The number of carboxylic acids is 1. The van der Waals surface area contributed by atoms with Crippen LogP contribution in [0.2, 0.25) is 0 Å². The number of nitrogens with zero attached hydrogens (tertiary/aromatic N) is 1. The molecule has 1 rings (SSSR count). The van der Waals surface area contributed by atoms with E-state index in [4.69, 9.17) is 9.84 Å². The first-order valence-electron chi connectivity index (χ1n) is 6.08. The number of hydrogen-bond donors (Lipinski definition) is 2. The molecule has 9 heteroatoms. The average Bonchev–Trinajstić information content (AvgIpc) is 2.73. The molecule has 0 aromatic heterocycles. The first kappa shape index (κ1) is 16.5. The Balaban J connectivity index is 2.57. The molecule has 0 heterocycles. The van der Waals surface area contributed by atoms with Crippen molar-refractivity contribution in [2.45, 2.75) is 37.6 Å². The second-order valence-corrected chi connectivity index (χ2v) is 4.68. The van der Waals surface area contributed by atoms with Crippen LogP contribution >= 0.6 is 0 Å². The number of alkyl halides is 3. The highest BCUT2D eigenvalue weighted by atomic mass is 19.4. The molecule has 1 aliphatic rings. The Hall–Kier alpha value is -1.51. The number of amides is 2. The van der Waals surface area contributed by atoms with Gasteiger partial charge in [-0.1, -0.05) is 0 Å². The molecule has 0 spiro atoms. The van der Waals surface area contributed by atoms with Crippen molar-refractivity contribution in [3.05, 3.63) is 0 Å². The summed E-state index contributed by atoms with van der Waals surface area (Å²) in [6.07, 6.45) is -2.86. The van der Waals surface area contributed by atoms with E-state index in [0.29, 0.717) is 19.3 Å². The molecule has 2 amide bonds. The molecule has 0 saturated heterocycles. The first-order chi connectivity index (χ1) is 9.21. The van der Waals surface area contributed by atoms with Crippen molar-refractivity contribution in [1.82, 2.24) is 10.2 Å². The van der Waals surface area contributed by atoms with Gasteiger partial charge in [0.1, 0.15) is 13.1 Å². The van der Waals surface area contributed by atoms with E-state index in [9.17, 15) is 22.8 Å². The Morgan fingerprint density at radius 2 is 2.05 bits per heavy atom. The maximum absolute atomic E-state index is 12.3. The summed E-state index contributed by atoms with van der Waals surface area (Å²) < 4.78 is 42.0. The lowest BCUT2D eigenvalue weighted by Gasteiger charge is -2.24. The van der Waals surface area contributed by atoms with Crippen molar-refractivity contribution in [3.8, 4) is 0 Å². The van der Waals surface area contributed by atoms with E-state index in [0.717, 1.165) is 0 Å². The van der Waals surface area contributed by atoms with Crippen LogP contribution in [0.4, 0.5) is 18.0 Å². The number of urea groups is 1. The number of hydrogen-bond acceptors (Lipinski definition) is 3. The number of carbonyl (C=O) groups excluding carboxylic acids is 1. The summed E-state index contributed by atoms with van der Waals surface area (Å²) >= 11 is 0. The standard InChI is InChI=1S/C11H17F3N2O4/c1-20-8-3-2-7(4-8)15-10(19)16(5-9(17)18)6-11(12,13)14/h7-8H,2-6H2,1H3,(H,15,19)(H,17,18).